The Morgan fingerprint density at radius 2 is 2.00 bits per heavy atom. The molecule has 0 aromatic carbocycles. The van der Waals surface area contributed by atoms with E-state index < -0.39 is 30.6 Å². The lowest BCUT2D eigenvalue weighted by molar-refractivity contribution is -0.267. The van der Waals surface area contributed by atoms with E-state index in [9.17, 15) is 9.90 Å². The van der Waals surface area contributed by atoms with Crippen LogP contribution < -0.4 is 5.32 Å². The first kappa shape index (κ1) is 15.3. The van der Waals surface area contributed by atoms with Gasteiger partial charge in [0.1, 0.15) is 24.4 Å². The maximum Gasteiger partial charge on any atom is 0.217 e. The highest BCUT2D eigenvalue weighted by atomic mass is 16.7. The van der Waals surface area contributed by atoms with Crippen LogP contribution in [0.2, 0.25) is 0 Å². The lowest BCUT2D eigenvalue weighted by atomic mass is 9.96. The summed E-state index contributed by atoms with van der Waals surface area (Å²) in [6, 6.07) is -0.569. The third kappa shape index (κ3) is 3.39. The van der Waals surface area contributed by atoms with Crippen molar-refractivity contribution in [3.8, 4) is 0 Å². The van der Waals surface area contributed by atoms with Gasteiger partial charge in [-0.05, 0) is 0 Å². The summed E-state index contributed by atoms with van der Waals surface area (Å²) in [5, 5.41) is 12.8. The Hall–Kier alpha value is -0.730. The summed E-state index contributed by atoms with van der Waals surface area (Å²) in [5.41, 5.74) is 0. The van der Waals surface area contributed by atoms with Gasteiger partial charge in [0, 0.05) is 28.3 Å². The minimum atomic E-state index is -0.904. The van der Waals surface area contributed by atoms with Crippen LogP contribution in [-0.2, 0) is 23.7 Å². The van der Waals surface area contributed by atoms with Gasteiger partial charge in [-0.15, -0.1) is 0 Å². The molecule has 0 aliphatic carbocycles. The summed E-state index contributed by atoms with van der Waals surface area (Å²) in [6.07, 6.45) is -2.77. The smallest absolute Gasteiger partial charge is 0.217 e. The Bertz CT molecular complexity index is 274. The number of aliphatic hydroxyl groups is 1. The Labute approximate surface area is 106 Å². The van der Waals surface area contributed by atoms with Gasteiger partial charge in [-0.25, -0.2) is 0 Å². The molecule has 1 amide bonds. The monoisotopic (exact) mass is 263 g/mol. The molecular formula is C11H21NO6. The second-order valence-electron chi connectivity index (χ2n) is 4.15. The molecule has 1 fully saturated rings. The maximum atomic E-state index is 11.2. The molecule has 1 heterocycles. The van der Waals surface area contributed by atoms with Gasteiger partial charge in [0.05, 0.1) is 6.61 Å². The fourth-order valence-corrected chi connectivity index (χ4v) is 2.09. The number of hydrogen-bond acceptors (Lipinski definition) is 6. The van der Waals surface area contributed by atoms with Crippen molar-refractivity contribution in [3.63, 3.8) is 0 Å². The largest absolute Gasteiger partial charge is 0.388 e. The fraction of sp³-hybridized carbons (Fsp3) is 0.909. The molecule has 0 spiro atoms. The van der Waals surface area contributed by atoms with Crippen molar-refractivity contribution in [2.24, 2.45) is 0 Å². The van der Waals surface area contributed by atoms with Crippen molar-refractivity contribution in [3.05, 3.63) is 0 Å². The molecule has 0 bridgehead atoms. The zero-order valence-corrected chi connectivity index (χ0v) is 11.1. The summed E-state index contributed by atoms with van der Waals surface area (Å²) >= 11 is 0. The van der Waals surface area contributed by atoms with Crippen molar-refractivity contribution in [2.45, 2.75) is 37.6 Å². The van der Waals surface area contributed by atoms with Gasteiger partial charge in [0.15, 0.2) is 6.29 Å². The van der Waals surface area contributed by atoms with Gasteiger partial charge in [0.2, 0.25) is 5.91 Å². The van der Waals surface area contributed by atoms with Crippen LogP contribution in [0.5, 0.6) is 0 Å². The second kappa shape index (κ2) is 7.01. The molecule has 0 aromatic heterocycles. The third-order valence-corrected chi connectivity index (χ3v) is 2.88. The molecule has 0 unspecified atom stereocenters. The topological polar surface area (TPSA) is 86.2 Å². The maximum absolute atomic E-state index is 11.2. The Morgan fingerprint density at radius 1 is 1.33 bits per heavy atom. The van der Waals surface area contributed by atoms with E-state index in [-0.39, 0.29) is 12.5 Å². The molecule has 1 aliphatic heterocycles. The van der Waals surface area contributed by atoms with Crippen LogP contribution in [0.15, 0.2) is 0 Å². The zero-order chi connectivity index (χ0) is 13.7. The van der Waals surface area contributed by atoms with E-state index in [0.29, 0.717) is 0 Å². The van der Waals surface area contributed by atoms with Crippen molar-refractivity contribution >= 4 is 5.91 Å². The molecule has 1 saturated heterocycles. The molecule has 7 heteroatoms. The molecular weight excluding hydrogens is 242 g/mol. The van der Waals surface area contributed by atoms with Gasteiger partial charge >= 0.3 is 0 Å². The number of carbonyl (C=O) groups excluding carboxylic acids is 1. The van der Waals surface area contributed by atoms with E-state index in [2.05, 4.69) is 5.32 Å². The Kier molecular flexibility index (Phi) is 5.97. The first-order valence-electron chi connectivity index (χ1n) is 5.70. The van der Waals surface area contributed by atoms with Crippen LogP contribution in [0.1, 0.15) is 6.92 Å². The molecule has 106 valence electrons. The standard InChI is InChI=1S/C11H21NO6/c1-6(13)12-8-10(16-3)9(14)7(5-15-2)18-11(8)17-4/h7-11,14H,5H2,1-4H3,(H,12,13)/t7-,8-,9+,10-,11+/m1/s1. The molecule has 18 heavy (non-hydrogen) atoms. The molecule has 2 N–H and O–H groups in total. The van der Waals surface area contributed by atoms with Crippen molar-refractivity contribution in [1.29, 1.82) is 0 Å². The van der Waals surface area contributed by atoms with E-state index in [0.717, 1.165) is 0 Å². The predicted octanol–water partition coefficient (Wildman–Crippen LogP) is -1.12. The van der Waals surface area contributed by atoms with E-state index in [4.69, 9.17) is 18.9 Å². The van der Waals surface area contributed by atoms with Crippen LogP contribution >= 0.6 is 0 Å². The quantitative estimate of drug-likeness (QED) is 0.654. The highest BCUT2D eigenvalue weighted by Crippen LogP contribution is 2.24. The summed E-state index contributed by atoms with van der Waals surface area (Å²) in [5.74, 6) is -0.245. The minimum absolute atomic E-state index is 0.216. The normalized spacial score (nSPS) is 36.4. The molecule has 0 radical (unpaired) electrons. The van der Waals surface area contributed by atoms with Gasteiger partial charge in [-0.2, -0.15) is 0 Å². The summed E-state index contributed by atoms with van der Waals surface area (Å²) < 4.78 is 20.9. The number of ether oxygens (including phenoxy) is 4. The number of amides is 1. The fourth-order valence-electron chi connectivity index (χ4n) is 2.09. The average Bonchev–Trinajstić information content (AvgIpc) is 2.32. The van der Waals surface area contributed by atoms with Gasteiger partial charge in [0.25, 0.3) is 0 Å². The first-order valence-corrected chi connectivity index (χ1v) is 5.70. The number of hydrogen-bond donors (Lipinski definition) is 2. The highest BCUT2D eigenvalue weighted by molar-refractivity contribution is 5.73. The number of rotatable bonds is 5. The number of aliphatic hydroxyl groups excluding tert-OH is 1. The molecule has 7 nitrogen and oxygen atoms in total. The lowest BCUT2D eigenvalue weighted by Crippen LogP contribution is -2.65. The van der Waals surface area contributed by atoms with E-state index in [1.54, 1.807) is 0 Å². The van der Waals surface area contributed by atoms with Gasteiger partial charge in [-0.3, -0.25) is 4.79 Å². The van der Waals surface area contributed by atoms with Crippen LogP contribution in [0.4, 0.5) is 0 Å². The van der Waals surface area contributed by atoms with E-state index in [1.165, 1.54) is 28.3 Å². The molecule has 0 aromatic rings. The van der Waals surface area contributed by atoms with Crippen LogP contribution in [0.25, 0.3) is 0 Å². The number of methoxy groups -OCH3 is 3. The van der Waals surface area contributed by atoms with Crippen molar-refractivity contribution in [2.75, 3.05) is 27.9 Å². The van der Waals surface area contributed by atoms with E-state index >= 15 is 0 Å². The molecule has 5 atom stereocenters. The van der Waals surface area contributed by atoms with Crippen LogP contribution in [0.3, 0.4) is 0 Å². The zero-order valence-electron chi connectivity index (χ0n) is 11.1. The van der Waals surface area contributed by atoms with E-state index in [1.807, 2.05) is 0 Å². The third-order valence-electron chi connectivity index (χ3n) is 2.88. The lowest BCUT2D eigenvalue weighted by Gasteiger charge is -2.43. The summed E-state index contributed by atoms with van der Waals surface area (Å²) in [4.78, 5) is 11.2. The summed E-state index contributed by atoms with van der Waals surface area (Å²) in [6.45, 7) is 1.60. The van der Waals surface area contributed by atoms with Crippen molar-refractivity contribution in [1.82, 2.24) is 5.32 Å². The SMILES string of the molecule is COC[C@H]1O[C@H](OC)[C@H](NC(C)=O)[C@@H](OC)[C@H]1O. The highest BCUT2D eigenvalue weighted by Gasteiger charge is 2.46. The second-order valence-corrected chi connectivity index (χ2v) is 4.15. The van der Waals surface area contributed by atoms with Crippen molar-refractivity contribution < 1.29 is 28.8 Å². The number of nitrogens with one attached hydrogen (secondary N) is 1. The van der Waals surface area contributed by atoms with Gasteiger partial charge < -0.3 is 29.4 Å². The molecule has 0 saturated carbocycles. The first-order chi connectivity index (χ1) is 8.54. The van der Waals surface area contributed by atoms with Crippen LogP contribution in [-0.4, -0.2) is 69.6 Å². The van der Waals surface area contributed by atoms with Crippen LogP contribution in [0, 0.1) is 0 Å². The minimum Gasteiger partial charge on any atom is -0.388 e. The molecule has 1 rings (SSSR count). The average molecular weight is 263 g/mol. The number of carbonyl (C=O) groups is 1. The Balaban J connectivity index is 2.84. The summed E-state index contributed by atoms with van der Waals surface area (Å²) in [7, 11) is 4.44. The Morgan fingerprint density at radius 3 is 2.44 bits per heavy atom. The van der Waals surface area contributed by atoms with Gasteiger partial charge in [-0.1, -0.05) is 0 Å². The molecule has 1 aliphatic rings. The predicted molar refractivity (Wildman–Crippen MR) is 62.0 cm³/mol.